The third-order valence-electron chi connectivity index (χ3n) is 7.16. The van der Waals surface area contributed by atoms with Crippen molar-refractivity contribution in [3.8, 4) is 5.88 Å². The fraction of sp³-hybridized carbons (Fsp3) is 0.171. The van der Waals surface area contributed by atoms with Crippen molar-refractivity contribution >= 4 is 34.2 Å². The highest BCUT2D eigenvalue weighted by atomic mass is 16.3. The van der Waals surface area contributed by atoms with Gasteiger partial charge in [0.05, 0.1) is 17.3 Å². The SMILES string of the molecule is CCNC(=O)Nc1cccc(CCN=C(c2ccccc2)c2c(O)[nH]c3ccc(C(=O)N[C@@H](C)c4ccccc4)cc23)c1. The van der Waals surface area contributed by atoms with Crippen LogP contribution in [0.25, 0.3) is 10.9 Å². The van der Waals surface area contributed by atoms with E-state index in [1.54, 1.807) is 18.2 Å². The van der Waals surface area contributed by atoms with Crippen LogP contribution in [-0.2, 0) is 6.42 Å². The van der Waals surface area contributed by atoms with Gasteiger partial charge >= 0.3 is 6.03 Å². The third-order valence-corrected chi connectivity index (χ3v) is 7.16. The van der Waals surface area contributed by atoms with E-state index in [0.29, 0.717) is 52.9 Å². The van der Waals surface area contributed by atoms with Crippen LogP contribution < -0.4 is 16.0 Å². The maximum absolute atomic E-state index is 13.2. The molecule has 43 heavy (non-hydrogen) atoms. The molecule has 5 N–H and O–H groups in total. The first-order valence-corrected chi connectivity index (χ1v) is 14.4. The van der Waals surface area contributed by atoms with Crippen molar-refractivity contribution in [3.63, 3.8) is 0 Å². The highest BCUT2D eigenvalue weighted by Gasteiger charge is 2.20. The van der Waals surface area contributed by atoms with Crippen molar-refractivity contribution in [2.24, 2.45) is 4.99 Å². The molecule has 3 amide bonds. The number of aliphatic imine (C=N–C) groups is 1. The molecular weight excluding hydrogens is 538 g/mol. The number of rotatable bonds is 10. The lowest BCUT2D eigenvalue weighted by Gasteiger charge is -2.14. The normalized spacial score (nSPS) is 12.1. The van der Waals surface area contributed by atoms with Crippen molar-refractivity contribution in [2.75, 3.05) is 18.4 Å². The predicted molar refractivity (Wildman–Crippen MR) is 172 cm³/mol. The Morgan fingerprint density at radius 2 is 1.63 bits per heavy atom. The number of nitrogens with one attached hydrogen (secondary N) is 4. The Hall–Kier alpha value is -5.37. The first kappa shape index (κ1) is 29.1. The van der Waals surface area contributed by atoms with E-state index in [1.165, 1.54) is 0 Å². The molecule has 1 atom stereocenters. The third kappa shape index (κ3) is 7.11. The van der Waals surface area contributed by atoms with Gasteiger partial charge in [-0.2, -0.15) is 0 Å². The maximum Gasteiger partial charge on any atom is 0.319 e. The van der Waals surface area contributed by atoms with Crippen LogP contribution in [0.2, 0.25) is 0 Å². The molecule has 0 spiro atoms. The van der Waals surface area contributed by atoms with Crippen molar-refractivity contribution in [1.29, 1.82) is 0 Å². The van der Waals surface area contributed by atoms with Gasteiger partial charge in [-0.1, -0.05) is 72.8 Å². The van der Waals surface area contributed by atoms with Crippen molar-refractivity contribution < 1.29 is 14.7 Å². The summed E-state index contributed by atoms with van der Waals surface area (Å²) in [5.41, 5.74) is 5.93. The lowest BCUT2D eigenvalue weighted by atomic mass is 9.99. The number of amides is 3. The van der Waals surface area contributed by atoms with Crippen LogP contribution >= 0.6 is 0 Å². The van der Waals surface area contributed by atoms with Gasteiger partial charge in [0.25, 0.3) is 5.91 Å². The van der Waals surface area contributed by atoms with Crippen LogP contribution in [0, 0.1) is 0 Å². The predicted octanol–water partition coefficient (Wildman–Crippen LogP) is 6.59. The zero-order valence-electron chi connectivity index (χ0n) is 24.2. The number of aromatic nitrogens is 1. The molecule has 0 aliphatic carbocycles. The Morgan fingerprint density at radius 3 is 2.37 bits per heavy atom. The molecule has 5 rings (SSSR count). The molecule has 0 aliphatic heterocycles. The van der Waals surface area contributed by atoms with E-state index in [-0.39, 0.29) is 23.9 Å². The van der Waals surface area contributed by atoms with Gasteiger partial charge in [0.2, 0.25) is 0 Å². The molecule has 0 aliphatic rings. The first-order valence-electron chi connectivity index (χ1n) is 14.4. The van der Waals surface area contributed by atoms with Gasteiger partial charge in [-0.05, 0) is 61.7 Å². The van der Waals surface area contributed by atoms with Gasteiger partial charge in [-0.3, -0.25) is 9.79 Å². The Bertz CT molecular complexity index is 1750. The summed E-state index contributed by atoms with van der Waals surface area (Å²) in [5, 5.41) is 20.4. The van der Waals surface area contributed by atoms with Gasteiger partial charge in [-0.25, -0.2) is 4.79 Å². The minimum absolute atomic E-state index is 0.0130. The van der Waals surface area contributed by atoms with Gasteiger partial charge in [0, 0.05) is 40.8 Å². The standard InChI is InChI=1S/C35H35N5O3/c1-3-36-35(43)39-28-16-10-11-24(21-28)19-20-37-32(26-14-8-5-9-15-26)31-29-22-27(17-18-30(29)40-34(31)42)33(41)38-23(2)25-12-6-4-7-13-25/h4-18,21-23,40,42H,3,19-20H2,1-2H3,(H,38,41)(H2,36,39,43)/t23-/m0/s1. The Morgan fingerprint density at radius 1 is 0.884 bits per heavy atom. The van der Waals surface area contributed by atoms with E-state index in [1.807, 2.05) is 98.8 Å². The van der Waals surface area contributed by atoms with Crippen molar-refractivity contribution in [2.45, 2.75) is 26.3 Å². The second kappa shape index (κ2) is 13.5. The van der Waals surface area contributed by atoms with Gasteiger partial charge in [-0.15, -0.1) is 0 Å². The van der Waals surface area contributed by atoms with E-state index < -0.39 is 0 Å². The zero-order chi connectivity index (χ0) is 30.2. The summed E-state index contributed by atoms with van der Waals surface area (Å²) in [5.74, 6) is -0.217. The number of aromatic amines is 1. The summed E-state index contributed by atoms with van der Waals surface area (Å²) in [6.07, 6.45) is 0.620. The summed E-state index contributed by atoms with van der Waals surface area (Å²) >= 11 is 0. The lowest BCUT2D eigenvalue weighted by molar-refractivity contribution is 0.0940. The molecule has 8 heteroatoms. The topological polar surface area (TPSA) is 119 Å². The molecule has 1 heterocycles. The number of aromatic hydroxyl groups is 1. The quantitative estimate of drug-likeness (QED) is 0.121. The van der Waals surface area contributed by atoms with Crippen LogP contribution in [0.5, 0.6) is 5.88 Å². The second-order valence-corrected chi connectivity index (χ2v) is 10.2. The summed E-state index contributed by atoms with van der Waals surface area (Å²) < 4.78 is 0. The number of anilines is 1. The maximum atomic E-state index is 13.2. The molecule has 0 saturated carbocycles. The molecule has 0 bridgehead atoms. The molecule has 0 saturated heterocycles. The minimum atomic E-state index is -0.249. The summed E-state index contributed by atoms with van der Waals surface area (Å²) in [7, 11) is 0. The van der Waals surface area contributed by atoms with E-state index >= 15 is 0 Å². The number of hydrogen-bond donors (Lipinski definition) is 5. The molecule has 5 aromatic rings. The number of hydrogen-bond acceptors (Lipinski definition) is 4. The van der Waals surface area contributed by atoms with Gasteiger partial charge in [0.15, 0.2) is 5.88 Å². The minimum Gasteiger partial charge on any atom is -0.494 e. The Kier molecular flexibility index (Phi) is 9.17. The van der Waals surface area contributed by atoms with Gasteiger partial charge < -0.3 is 26.0 Å². The van der Waals surface area contributed by atoms with Gasteiger partial charge in [0.1, 0.15) is 0 Å². The Balaban J connectivity index is 1.43. The molecule has 218 valence electrons. The average molecular weight is 574 g/mol. The second-order valence-electron chi connectivity index (χ2n) is 10.2. The average Bonchev–Trinajstić information content (AvgIpc) is 3.35. The van der Waals surface area contributed by atoms with Crippen LogP contribution in [0.1, 0.15) is 52.5 Å². The number of nitrogens with zero attached hydrogens (tertiary/aromatic N) is 1. The van der Waals surface area contributed by atoms with E-state index in [0.717, 1.165) is 16.7 Å². The number of benzene rings is 4. The van der Waals surface area contributed by atoms with E-state index in [2.05, 4.69) is 20.9 Å². The molecule has 1 aromatic heterocycles. The summed E-state index contributed by atoms with van der Waals surface area (Å²) in [6, 6.07) is 32.1. The highest BCUT2D eigenvalue weighted by molar-refractivity contribution is 6.21. The number of carbonyl (C=O) groups is 2. The number of fused-ring (bicyclic) bond motifs is 1. The molecular formula is C35H35N5O3. The number of H-pyrrole nitrogens is 1. The Labute approximate surface area is 250 Å². The fourth-order valence-electron chi connectivity index (χ4n) is 5.01. The molecule has 0 radical (unpaired) electrons. The summed E-state index contributed by atoms with van der Waals surface area (Å²) in [4.78, 5) is 33.2. The van der Waals surface area contributed by atoms with Crippen LogP contribution in [0.15, 0.2) is 108 Å². The van der Waals surface area contributed by atoms with Crippen LogP contribution in [0.3, 0.4) is 0 Å². The fourth-order valence-corrected chi connectivity index (χ4v) is 5.01. The summed E-state index contributed by atoms with van der Waals surface area (Å²) in [6.45, 7) is 4.80. The highest BCUT2D eigenvalue weighted by Crippen LogP contribution is 2.31. The lowest BCUT2D eigenvalue weighted by Crippen LogP contribution is -2.28. The first-order chi connectivity index (χ1) is 20.9. The largest absolute Gasteiger partial charge is 0.494 e. The van der Waals surface area contributed by atoms with Crippen LogP contribution in [-0.4, -0.2) is 40.8 Å². The molecule has 0 fully saturated rings. The van der Waals surface area contributed by atoms with Crippen LogP contribution in [0.4, 0.5) is 10.5 Å². The number of carbonyl (C=O) groups excluding carboxylic acids is 2. The molecule has 0 unspecified atom stereocenters. The molecule has 8 nitrogen and oxygen atoms in total. The van der Waals surface area contributed by atoms with E-state index in [9.17, 15) is 14.7 Å². The van der Waals surface area contributed by atoms with Crippen molar-refractivity contribution in [3.05, 3.63) is 131 Å². The molecule has 4 aromatic carbocycles. The monoisotopic (exact) mass is 573 g/mol. The smallest absolute Gasteiger partial charge is 0.319 e. The van der Waals surface area contributed by atoms with Crippen molar-refractivity contribution in [1.82, 2.24) is 15.6 Å². The van der Waals surface area contributed by atoms with E-state index in [4.69, 9.17) is 4.99 Å². The number of urea groups is 1. The zero-order valence-corrected chi connectivity index (χ0v) is 24.2.